The van der Waals surface area contributed by atoms with E-state index in [0.717, 1.165) is 26.5 Å². The zero-order valence-corrected chi connectivity index (χ0v) is 14.4. The van der Waals surface area contributed by atoms with Gasteiger partial charge in [0.25, 0.3) is 5.56 Å². The highest BCUT2D eigenvalue weighted by atomic mass is 79.9. The Morgan fingerprint density at radius 2 is 2.00 bits per heavy atom. The molecule has 0 unspecified atom stereocenters. The van der Waals surface area contributed by atoms with Gasteiger partial charge in [-0.2, -0.15) is 0 Å². The number of aromatic amines is 1. The maximum absolute atomic E-state index is 12.4. The van der Waals surface area contributed by atoms with E-state index in [9.17, 15) is 4.79 Å². The molecule has 0 saturated heterocycles. The van der Waals surface area contributed by atoms with Crippen LogP contribution in [0.25, 0.3) is 33.3 Å². The van der Waals surface area contributed by atoms with Crippen LogP contribution in [0.3, 0.4) is 0 Å². The monoisotopic (exact) mass is 387 g/mol. The van der Waals surface area contributed by atoms with E-state index < -0.39 is 0 Å². The summed E-state index contributed by atoms with van der Waals surface area (Å²) >= 11 is 9.72. The van der Waals surface area contributed by atoms with Crippen molar-refractivity contribution in [3.05, 3.63) is 62.3 Å². The molecule has 0 atom stereocenters. The number of pyridine rings is 1. The van der Waals surface area contributed by atoms with Crippen molar-refractivity contribution in [1.29, 1.82) is 0 Å². The van der Waals surface area contributed by atoms with Crippen LogP contribution >= 0.6 is 27.5 Å². The Balaban J connectivity index is 2.17. The molecule has 0 aliphatic carbocycles. The van der Waals surface area contributed by atoms with Crippen molar-refractivity contribution in [1.82, 2.24) is 14.5 Å². The quantitative estimate of drug-likeness (QED) is 0.522. The van der Waals surface area contributed by atoms with E-state index in [1.165, 1.54) is 0 Å². The van der Waals surface area contributed by atoms with Gasteiger partial charge in [-0.1, -0.05) is 39.7 Å². The molecule has 2 heterocycles. The Bertz CT molecular complexity index is 1130. The normalized spacial score (nSPS) is 11.4. The summed E-state index contributed by atoms with van der Waals surface area (Å²) in [5, 5.41) is 1.55. The summed E-state index contributed by atoms with van der Waals surface area (Å²) in [6.45, 7) is 0. The topological polar surface area (TPSA) is 50.7 Å². The molecule has 0 amide bonds. The summed E-state index contributed by atoms with van der Waals surface area (Å²) < 4.78 is 2.83. The molecule has 0 fully saturated rings. The van der Waals surface area contributed by atoms with Gasteiger partial charge >= 0.3 is 0 Å². The van der Waals surface area contributed by atoms with Crippen LogP contribution in [-0.4, -0.2) is 14.5 Å². The number of nitrogens with zero attached hydrogens (tertiary/aromatic N) is 2. The number of hydrogen-bond acceptors (Lipinski definition) is 2. The summed E-state index contributed by atoms with van der Waals surface area (Å²) in [6, 6.07) is 13.3. The van der Waals surface area contributed by atoms with Gasteiger partial charge in [-0.05, 0) is 30.3 Å². The highest BCUT2D eigenvalue weighted by Crippen LogP contribution is 2.31. The van der Waals surface area contributed by atoms with Gasteiger partial charge in [-0.15, -0.1) is 0 Å². The van der Waals surface area contributed by atoms with Gasteiger partial charge in [0.1, 0.15) is 5.82 Å². The predicted octanol–water partition coefficient (Wildman–Crippen LogP) is 4.50. The van der Waals surface area contributed by atoms with E-state index in [4.69, 9.17) is 11.6 Å². The molecule has 0 aliphatic heterocycles. The van der Waals surface area contributed by atoms with Crippen LogP contribution in [0.5, 0.6) is 0 Å². The van der Waals surface area contributed by atoms with Crippen molar-refractivity contribution < 1.29 is 0 Å². The van der Waals surface area contributed by atoms with Crippen molar-refractivity contribution in [2.24, 2.45) is 7.05 Å². The summed E-state index contributed by atoms with van der Waals surface area (Å²) in [6.07, 6.45) is 0. The second kappa shape index (κ2) is 5.22. The molecule has 4 rings (SSSR count). The van der Waals surface area contributed by atoms with Crippen molar-refractivity contribution in [3.63, 3.8) is 0 Å². The van der Waals surface area contributed by atoms with E-state index in [1.807, 2.05) is 54.1 Å². The number of aryl methyl sites for hydroxylation is 1. The first kappa shape index (κ1) is 14.5. The predicted molar refractivity (Wildman–Crippen MR) is 97.0 cm³/mol. The smallest absolute Gasteiger partial charge is 0.276 e. The Hall–Kier alpha value is -2.11. The number of halogens is 2. The van der Waals surface area contributed by atoms with E-state index in [1.54, 1.807) is 0 Å². The zero-order valence-electron chi connectivity index (χ0n) is 12.1. The molecule has 4 aromatic rings. The van der Waals surface area contributed by atoms with Crippen LogP contribution in [-0.2, 0) is 7.05 Å². The maximum atomic E-state index is 12.4. The number of aromatic nitrogens is 3. The third-order valence-electron chi connectivity index (χ3n) is 3.91. The lowest BCUT2D eigenvalue weighted by atomic mass is 10.2. The lowest BCUT2D eigenvalue weighted by Gasteiger charge is -2.06. The minimum atomic E-state index is -0.209. The summed E-state index contributed by atoms with van der Waals surface area (Å²) in [5.74, 6) is 0.673. The first-order valence-corrected chi connectivity index (χ1v) is 8.16. The average Bonchev–Trinajstić information content (AvgIpc) is 2.86. The molecule has 0 bridgehead atoms. The van der Waals surface area contributed by atoms with Crippen molar-refractivity contribution >= 4 is 49.5 Å². The maximum Gasteiger partial charge on any atom is 0.276 e. The molecule has 0 radical (unpaired) electrons. The number of hydrogen-bond donors (Lipinski definition) is 1. The minimum absolute atomic E-state index is 0.209. The fourth-order valence-corrected chi connectivity index (χ4v) is 3.44. The van der Waals surface area contributed by atoms with Gasteiger partial charge in [0.05, 0.1) is 16.1 Å². The van der Waals surface area contributed by atoms with E-state index in [2.05, 4.69) is 25.9 Å². The molecule has 0 aliphatic rings. The molecule has 0 saturated carbocycles. The number of nitrogens with one attached hydrogen (secondary N) is 1. The Kier molecular flexibility index (Phi) is 3.28. The standard InChI is InChI=1S/C17H11BrClN3O/c1-22-15-11-7-6-9(18)8-13(11)20-17(23)14(15)21-16(22)10-4-2-3-5-12(10)19/h2-8H,1H3,(H,20,23). The largest absolute Gasteiger partial charge is 0.326 e. The number of imidazole rings is 1. The fourth-order valence-electron chi connectivity index (χ4n) is 2.86. The average molecular weight is 389 g/mol. The number of fused-ring (bicyclic) bond motifs is 3. The van der Waals surface area contributed by atoms with Crippen LogP contribution in [0, 0.1) is 0 Å². The van der Waals surface area contributed by atoms with Crippen molar-refractivity contribution in [2.45, 2.75) is 0 Å². The number of benzene rings is 2. The summed E-state index contributed by atoms with van der Waals surface area (Å²) in [5.41, 5.74) is 2.58. The Labute approximate surface area is 144 Å². The highest BCUT2D eigenvalue weighted by molar-refractivity contribution is 9.10. The van der Waals surface area contributed by atoms with Crippen molar-refractivity contribution in [3.8, 4) is 11.4 Å². The van der Waals surface area contributed by atoms with E-state index in [0.29, 0.717) is 16.4 Å². The summed E-state index contributed by atoms with van der Waals surface area (Å²) in [7, 11) is 1.90. The summed E-state index contributed by atoms with van der Waals surface area (Å²) in [4.78, 5) is 19.8. The van der Waals surface area contributed by atoms with Gasteiger partial charge in [-0.3, -0.25) is 4.79 Å². The minimum Gasteiger partial charge on any atom is -0.326 e. The number of H-pyrrole nitrogens is 1. The zero-order chi connectivity index (χ0) is 16.1. The molecule has 2 aromatic carbocycles. The lowest BCUT2D eigenvalue weighted by molar-refractivity contribution is 0.962. The molecule has 2 aromatic heterocycles. The van der Waals surface area contributed by atoms with Crippen LogP contribution in [0.15, 0.2) is 51.7 Å². The molecular weight excluding hydrogens is 378 g/mol. The number of rotatable bonds is 1. The molecule has 4 nitrogen and oxygen atoms in total. The highest BCUT2D eigenvalue weighted by Gasteiger charge is 2.17. The first-order chi connectivity index (χ1) is 11.1. The second-order valence-corrected chi connectivity index (χ2v) is 6.64. The van der Waals surface area contributed by atoms with Gasteiger partial charge in [0.2, 0.25) is 0 Å². The molecule has 1 N–H and O–H groups in total. The Morgan fingerprint density at radius 3 is 2.78 bits per heavy atom. The fraction of sp³-hybridized carbons (Fsp3) is 0.0588. The molecule has 6 heteroatoms. The van der Waals surface area contributed by atoms with Gasteiger partial charge in [0, 0.05) is 22.5 Å². The van der Waals surface area contributed by atoms with E-state index >= 15 is 0 Å². The van der Waals surface area contributed by atoms with Crippen molar-refractivity contribution in [2.75, 3.05) is 0 Å². The SMILES string of the molecule is Cn1c(-c2ccccc2Cl)nc2c(=O)[nH]c3cc(Br)ccc3c21. The van der Waals surface area contributed by atoms with Crippen LogP contribution in [0.1, 0.15) is 0 Å². The van der Waals surface area contributed by atoms with Gasteiger partial charge < -0.3 is 9.55 Å². The van der Waals surface area contributed by atoms with E-state index in [-0.39, 0.29) is 5.56 Å². The Morgan fingerprint density at radius 1 is 1.22 bits per heavy atom. The molecular formula is C17H11BrClN3O. The third kappa shape index (κ3) is 2.19. The first-order valence-electron chi connectivity index (χ1n) is 6.99. The van der Waals surface area contributed by atoms with Gasteiger partial charge in [-0.25, -0.2) is 4.98 Å². The van der Waals surface area contributed by atoms with Crippen LogP contribution < -0.4 is 5.56 Å². The third-order valence-corrected chi connectivity index (χ3v) is 4.73. The second-order valence-electron chi connectivity index (χ2n) is 5.32. The lowest BCUT2D eigenvalue weighted by Crippen LogP contribution is -2.06. The molecule has 23 heavy (non-hydrogen) atoms. The molecule has 114 valence electrons. The van der Waals surface area contributed by atoms with Crippen LogP contribution in [0.4, 0.5) is 0 Å². The van der Waals surface area contributed by atoms with Gasteiger partial charge in [0.15, 0.2) is 5.52 Å². The molecule has 0 spiro atoms. The van der Waals surface area contributed by atoms with Crippen LogP contribution in [0.2, 0.25) is 5.02 Å².